The molecule has 0 heterocycles. The van der Waals surface area contributed by atoms with Crippen molar-refractivity contribution in [2.24, 2.45) is 0 Å². The van der Waals surface area contributed by atoms with Crippen molar-refractivity contribution in [1.29, 1.82) is 0 Å². The van der Waals surface area contributed by atoms with Gasteiger partial charge in [0.25, 0.3) is 5.91 Å². The highest BCUT2D eigenvalue weighted by Gasteiger charge is 2.15. The summed E-state index contributed by atoms with van der Waals surface area (Å²) in [4.78, 5) is 12.5. The summed E-state index contributed by atoms with van der Waals surface area (Å²) in [6, 6.07) is 19.6. The molecule has 122 valence electrons. The van der Waals surface area contributed by atoms with Crippen LogP contribution in [0, 0.1) is 5.82 Å². The van der Waals surface area contributed by atoms with Crippen molar-refractivity contribution < 1.29 is 13.9 Å². The summed E-state index contributed by atoms with van der Waals surface area (Å²) in [7, 11) is 1.54. The van der Waals surface area contributed by atoms with Gasteiger partial charge in [-0.25, -0.2) is 4.39 Å². The summed E-state index contributed by atoms with van der Waals surface area (Å²) in [6.07, 6.45) is -0.403. The Morgan fingerprint density at radius 2 is 1.83 bits per heavy atom. The van der Waals surface area contributed by atoms with Gasteiger partial charge < -0.3 is 10.1 Å². The van der Waals surface area contributed by atoms with E-state index in [-0.39, 0.29) is 18.3 Å². The molecule has 0 fully saturated rings. The first-order valence-electron chi connectivity index (χ1n) is 7.73. The van der Waals surface area contributed by atoms with Gasteiger partial charge in [0.2, 0.25) is 0 Å². The normalized spacial score (nSPS) is 12.1. The molecule has 0 saturated carbocycles. The number of methoxy groups -OCH3 is 1. The predicted octanol–water partition coefficient (Wildman–Crippen LogP) is 4.10. The minimum Gasteiger partial charge on any atom is -0.375 e. The fraction of sp³-hybridized carbons (Fsp3) is 0.150. The van der Waals surface area contributed by atoms with Crippen molar-refractivity contribution in [2.75, 3.05) is 13.7 Å². The number of ether oxygens (including phenoxy) is 1. The topological polar surface area (TPSA) is 38.3 Å². The minimum atomic E-state index is -0.403. The maximum absolute atomic E-state index is 13.4. The van der Waals surface area contributed by atoms with Gasteiger partial charge in [0.15, 0.2) is 0 Å². The van der Waals surface area contributed by atoms with Crippen LogP contribution >= 0.6 is 0 Å². The number of hydrogen-bond acceptors (Lipinski definition) is 2. The fourth-order valence-electron chi connectivity index (χ4n) is 2.75. The molecular formula is C20H18FNO2. The third-order valence-electron chi connectivity index (χ3n) is 3.99. The van der Waals surface area contributed by atoms with E-state index in [1.54, 1.807) is 25.3 Å². The number of halogens is 1. The molecule has 0 spiro atoms. The van der Waals surface area contributed by atoms with E-state index in [4.69, 9.17) is 4.74 Å². The number of hydrogen-bond donors (Lipinski definition) is 1. The molecule has 3 aromatic carbocycles. The lowest BCUT2D eigenvalue weighted by molar-refractivity contribution is 0.0828. The average Bonchev–Trinajstić information content (AvgIpc) is 2.61. The third kappa shape index (κ3) is 3.44. The van der Waals surface area contributed by atoms with Crippen LogP contribution in [0.2, 0.25) is 0 Å². The van der Waals surface area contributed by atoms with Crippen LogP contribution in [0.1, 0.15) is 22.0 Å². The summed E-state index contributed by atoms with van der Waals surface area (Å²) in [5.74, 6) is -0.500. The second-order valence-electron chi connectivity index (χ2n) is 5.52. The zero-order valence-corrected chi connectivity index (χ0v) is 13.3. The Balaban J connectivity index is 1.76. The predicted molar refractivity (Wildman–Crippen MR) is 92.4 cm³/mol. The number of carbonyl (C=O) groups excluding carboxylic acids is 1. The molecule has 4 heteroatoms. The van der Waals surface area contributed by atoms with E-state index in [1.807, 2.05) is 36.4 Å². The molecular weight excluding hydrogens is 305 g/mol. The zero-order chi connectivity index (χ0) is 16.9. The summed E-state index contributed by atoms with van der Waals surface area (Å²) in [5.41, 5.74) is 1.30. The number of rotatable bonds is 5. The Morgan fingerprint density at radius 1 is 1.08 bits per heavy atom. The quantitative estimate of drug-likeness (QED) is 0.768. The van der Waals surface area contributed by atoms with Crippen LogP contribution < -0.4 is 5.32 Å². The monoisotopic (exact) mass is 323 g/mol. The number of carbonyl (C=O) groups is 1. The lowest BCUT2D eigenvalue weighted by Gasteiger charge is -2.17. The molecule has 3 rings (SSSR count). The summed E-state index contributed by atoms with van der Waals surface area (Å²) >= 11 is 0. The Hall–Kier alpha value is -2.72. The van der Waals surface area contributed by atoms with Gasteiger partial charge in [-0.05, 0) is 34.5 Å². The Morgan fingerprint density at radius 3 is 2.62 bits per heavy atom. The van der Waals surface area contributed by atoms with E-state index in [0.717, 1.165) is 10.8 Å². The van der Waals surface area contributed by atoms with E-state index < -0.39 is 6.10 Å². The van der Waals surface area contributed by atoms with Crippen molar-refractivity contribution in [2.45, 2.75) is 6.10 Å². The second-order valence-corrected chi connectivity index (χ2v) is 5.52. The molecule has 0 aliphatic rings. The molecule has 0 aliphatic heterocycles. The molecule has 0 radical (unpaired) electrons. The van der Waals surface area contributed by atoms with Gasteiger partial charge in [-0.2, -0.15) is 0 Å². The maximum Gasteiger partial charge on any atom is 0.252 e. The average molecular weight is 323 g/mol. The molecule has 0 saturated heterocycles. The van der Waals surface area contributed by atoms with Gasteiger partial charge in [-0.15, -0.1) is 0 Å². The van der Waals surface area contributed by atoms with Gasteiger partial charge in [0, 0.05) is 19.2 Å². The first kappa shape index (κ1) is 16.1. The molecule has 1 N–H and O–H groups in total. The van der Waals surface area contributed by atoms with Gasteiger partial charge >= 0.3 is 0 Å². The van der Waals surface area contributed by atoms with Gasteiger partial charge in [-0.3, -0.25) is 4.79 Å². The van der Waals surface area contributed by atoms with Crippen LogP contribution in [0.5, 0.6) is 0 Å². The highest BCUT2D eigenvalue weighted by molar-refractivity contribution is 6.07. The van der Waals surface area contributed by atoms with Crippen molar-refractivity contribution in [3.8, 4) is 0 Å². The van der Waals surface area contributed by atoms with Crippen molar-refractivity contribution in [1.82, 2.24) is 5.32 Å². The van der Waals surface area contributed by atoms with Crippen LogP contribution in [-0.4, -0.2) is 19.6 Å². The SMILES string of the molecule is COC(CNC(=O)c1cccc2ccccc12)c1cccc(F)c1. The van der Waals surface area contributed by atoms with E-state index in [2.05, 4.69) is 5.32 Å². The van der Waals surface area contributed by atoms with Gasteiger partial charge in [0.05, 0.1) is 6.10 Å². The van der Waals surface area contributed by atoms with Crippen molar-refractivity contribution in [3.63, 3.8) is 0 Å². The molecule has 1 atom stereocenters. The van der Waals surface area contributed by atoms with Crippen LogP contribution in [-0.2, 0) is 4.74 Å². The van der Waals surface area contributed by atoms with Crippen LogP contribution in [0.3, 0.4) is 0 Å². The molecule has 0 aromatic heterocycles. The van der Waals surface area contributed by atoms with E-state index in [0.29, 0.717) is 11.1 Å². The van der Waals surface area contributed by atoms with E-state index in [1.165, 1.54) is 12.1 Å². The fourth-order valence-corrected chi connectivity index (χ4v) is 2.75. The minimum absolute atomic E-state index is 0.176. The molecule has 3 aromatic rings. The van der Waals surface area contributed by atoms with Crippen LogP contribution in [0.4, 0.5) is 4.39 Å². The Bertz CT molecular complexity index is 858. The highest BCUT2D eigenvalue weighted by atomic mass is 19.1. The summed E-state index contributed by atoms with van der Waals surface area (Å²) in [6.45, 7) is 0.266. The number of nitrogens with one attached hydrogen (secondary N) is 1. The Labute approximate surface area is 140 Å². The maximum atomic E-state index is 13.4. The first-order valence-corrected chi connectivity index (χ1v) is 7.73. The number of fused-ring (bicyclic) bond motifs is 1. The molecule has 0 bridgehead atoms. The smallest absolute Gasteiger partial charge is 0.252 e. The second kappa shape index (κ2) is 7.23. The Kier molecular flexibility index (Phi) is 4.87. The summed E-state index contributed by atoms with van der Waals surface area (Å²) < 4.78 is 18.7. The van der Waals surface area contributed by atoms with Crippen LogP contribution in [0.25, 0.3) is 10.8 Å². The zero-order valence-electron chi connectivity index (χ0n) is 13.3. The molecule has 24 heavy (non-hydrogen) atoms. The molecule has 3 nitrogen and oxygen atoms in total. The molecule has 1 amide bonds. The molecule has 0 aliphatic carbocycles. The third-order valence-corrected chi connectivity index (χ3v) is 3.99. The molecule has 1 unspecified atom stereocenters. The van der Waals surface area contributed by atoms with Crippen molar-refractivity contribution in [3.05, 3.63) is 83.7 Å². The number of benzene rings is 3. The lowest BCUT2D eigenvalue weighted by Crippen LogP contribution is -2.29. The van der Waals surface area contributed by atoms with Crippen molar-refractivity contribution >= 4 is 16.7 Å². The standard InChI is InChI=1S/C20H18FNO2/c1-24-19(15-8-4-9-16(21)12-15)13-22-20(23)18-11-5-7-14-6-2-3-10-17(14)18/h2-12,19H,13H2,1H3,(H,22,23). The van der Waals surface area contributed by atoms with E-state index in [9.17, 15) is 9.18 Å². The summed E-state index contributed by atoms with van der Waals surface area (Å²) in [5, 5.41) is 4.79. The highest BCUT2D eigenvalue weighted by Crippen LogP contribution is 2.20. The van der Waals surface area contributed by atoms with Gasteiger partial charge in [-0.1, -0.05) is 48.5 Å². The largest absolute Gasteiger partial charge is 0.375 e. The lowest BCUT2D eigenvalue weighted by atomic mass is 10.0. The van der Waals surface area contributed by atoms with Gasteiger partial charge in [0.1, 0.15) is 5.82 Å². The number of amides is 1. The first-order chi connectivity index (χ1) is 11.7. The van der Waals surface area contributed by atoms with Crippen LogP contribution in [0.15, 0.2) is 66.7 Å². The van der Waals surface area contributed by atoms with E-state index >= 15 is 0 Å².